The third kappa shape index (κ3) is 3.19. The van der Waals surface area contributed by atoms with Crippen LogP contribution in [0.2, 0.25) is 0 Å². The number of aryl methyl sites for hydroxylation is 1. The molecule has 20 heavy (non-hydrogen) atoms. The van der Waals surface area contributed by atoms with Gasteiger partial charge in [-0.2, -0.15) is 0 Å². The van der Waals surface area contributed by atoms with Crippen molar-refractivity contribution in [2.24, 2.45) is 0 Å². The normalized spacial score (nSPS) is 15.2. The van der Waals surface area contributed by atoms with Crippen molar-refractivity contribution in [3.05, 3.63) is 24.0 Å². The summed E-state index contributed by atoms with van der Waals surface area (Å²) in [5.74, 6) is -0.0997. The van der Waals surface area contributed by atoms with Crippen LogP contribution in [0.4, 0.5) is 0 Å². The number of hydrogen-bond acceptors (Lipinski definition) is 3. The number of carbonyl (C=O) groups is 2. The Balaban J connectivity index is 1.95. The minimum atomic E-state index is -0.111. The van der Waals surface area contributed by atoms with E-state index in [4.69, 9.17) is 0 Å². The Morgan fingerprint density at radius 3 is 2.70 bits per heavy atom. The van der Waals surface area contributed by atoms with Crippen molar-refractivity contribution < 1.29 is 9.59 Å². The van der Waals surface area contributed by atoms with Crippen molar-refractivity contribution in [1.29, 1.82) is 0 Å². The largest absolute Gasteiger partial charge is 0.344 e. The number of rotatable bonds is 4. The average molecular weight is 278 g/mol. The maximum atomic E-state index is 12.3. The molecule has 1 fully saturated rings. The third-order valence-corrected chi connectivity index (χ3v) is 3.58. The lowest BCUT2D eigenvalue weighted by Crippen LogP contribution is -2.49. The molecule has 1 aromatic rings. The van der Waals surface area contributed by atoms with Crippen LogP contribution in [0.5, 0.6) is 0 Å². The van der Waals surface area contributed by atoms with Gasteiger partial charge in [0.05, 0.1) is 6.54 Å². The van der Waals surface area contributed by atoms with Crippen molar-refractivity contribution >= 4 is 11.8 Å². The van der Waals surface area contributed by atoms with E-state index in [1.54, 1.807) is 18.0 Å². The minimum Gasteiger partial charge on any atom is -0.344 e. The Labute approximate surface area is 119 Å². The lowest BCUT2D eigenvalue weighted by Gasteiger charge is -2.29. The van der Waals surface area contributed by atoms with E-state index in [-0.39, 0.29) is 18.4 Å². The zero-order valence-corrected chi connectivity index (χ0v) is 12.1. The molecule has 0 aliphatic carbocycles. The maximum absolute atomic E-state index is 12.3. The summed E-state index contributed by atoms with van der Waals surface area (Å²) < 4.78 is 1.88. The number of hydrogen-bond donors (Lipinski definition) is 1. The summed E-state index contributed by atoms with van der Waals surface area (Å²) >= 11 is 0. The Morgan fingerprint density at radius 2 is 2.05 bits per heavy atom. The summed E-state index contributed by atoms with van der Waals surface area (Å²) in [5.41, 5.74) is 0.628. The quantitative estimate of drug-likeness (QED) is 0.844. The molecule has 0 atom stereocenters. The van der Waals surface area contributed by atoms with Crippen molar-refractivity contribution in [3.63, 3.8) is 0 Å². The predicted octanol–water partition coefficient (Wildman–Crippen LogP) is 0.0118. The van der Waals surface area contributed by atoms with E-state index in [0.717, 1.165) is 19.6 Å². The van der Waals surface area contributed by atoms with Gasteiger partial charge in [0.2, 0.25) is 5.91 Å². The fourth-order valence-electron chi connectivity index (χ4n) is 2.37. The second kappa shape index (κ2) is 6.56. The van der Waals surface area contributed by atoms with Crippen molar-refractivity contribution in [2.75, 3.05) is 39.8 Å². The molecule has 0 radical (unpaired) electrons. The van der Waals surface area contributed by atoms with E-state index in [2.05, 4.69) is 5.32 Å². The highest BCUT2D eigenvalue weighted by Gasteiger charge is 2.21. The molecule has 1 N–H and O–H groups in total. The van der Waals surface area contributed by atoms with Crippen LogP contribution in [0.15, 0.2) is 18.3 Å². The van der Waals surface area contributed by atoms with Gasteiger partial charge < -0.3 is 19.7 Å². The van der Waals surface area contributed by atoms with Gasteiger partial charge in [-0.15, -0.1) is 0 Å². The molecule has 1 aromatic heterocycles. The van der Waals surface area contributed by atoms with Gasteiger partial charge in [-0.1, -0.05) is 0 Å². The number of piperazine rings is 1. The van der Waals surface area contributed by atoms with Crippen LogP contribution in [0.25, 0.3) is 0 Å². The second-order valence-electron chi connectivity index (χ2n) is 4.97. The fourth-order valence-corrected chi connectivity index (χ4v) is 2.37. The molecule has 110 valence electrons. The van der Waals surface area contributed by atoms with Gasteiger partial charge in [-0.3, -0.25) is 9.59 Å². The number of aromatic nitrogens is 1. The van der Waals surface area contributed by atoms with Crippen LogP contribution in [0.3, 0.4) is 0 Å². The average Bonchev–Trinajstić information content (AvgIpc) is 2.95. The number of carbonyl (C=O) groups excluding carboxylic acids is 2. The first-order valence-corrected chi connectivity index (χ1v) is 7.02. The first-order valence-electron chi connectivity index (χ1n) is 7.02. The zero-order chi connectivity index (χ0) is 14.5. The SMILES string of the molecule is CCn1cccc1C(=O)N(C)CC(=O)N1CCNCC1. The molecule has 0 saturated carbocycles. The highest BCUT2D eigenvalue weighted by Crippen LogP contribution is 2.06. The van der Waals surface area contributed by atoms with Gasteiger partial charge in [0.1, 0.15) is 5.69 Å². The standard InChI is InChI=1S/C14H22N4O2/c1-3-17-8-4-5-12(17)14(20)16(2)11-13(19)18-9-6-15-7-10-18/h4-5,8,15H,3,6-7,9-11H2,1-2H3. The smallest absolute Gasteiger partial charge is 0.270 e. The highest BCUT2D eigenvalue weighted by molar-refractivity contribution is 5.95. The van der Waals surface area contributed by atoms with Crippen LogP contribution >= 0.6 is 0 Å². The van der Waals surface area contributed by atoms with Crippen molar-refractivity contribution in [2.45, 2.75) is 13.5 Å². The summed E-state index contributed by atoms with van der Waals surface area (Å²) in [7, 11) is 1.68. The molecule has 2 heterocycles. The lowest BCUT2D eigenvalue weighted by atomic mass is 10.3. The molecule has 0 spiro atoms. The Kier molecular flexibility index (Phi) is 4.79. The highest BCUT2D eigenvalue weighted by atomic mass is 16.2. The summed E-state index contributed by atoms with van der Waals surface area (Å²) in [6.07, 6.45) is 1.87. The third-order valence-electron chi connectivity index (χ3n) is 3.58. The molecule has 1 saturated heterocycles. The summed E-state index contributed by atoms with van der Waals surface area (Å²) in [5, 5.41) is 3.21. The van der Waals surface area contributed by atoms with Crippen molar-refractivity contribution in [3.8, 4) is 0 Å². The molecular weight excluding hydrogens is 256 g/mol. The van der Waals surface area contributed by atoms with Crippen LogP contribution in [0.1, 0.15) is 17.4 Å². The van der Waals surface area contributed by atoms with E-state index in [1.807, 2.05) is 23.8 Å². The lowest BCUT2D eigenvalue weighted by molar-refractivity contribution is -0.132. The van der Waals surface area contributed by atoms with E-state index >= 15 is 0 Å². The van der Waals surface area contributed by atoms with Crippen LogP contribution in [-0.4, -0.2) is 66.0 Å². The molecule has 6 heteroatoms. The number of nitrogens with zero attached hydrogens (tertiary/aromatic N) is 3. The van der Waals surface area contributed by atoms with Crippen LogP contribution in [-0.2, 0) is 11.3 Å². The first-order chi connectivity index (χ1) is 9.63. The molecule has 0 aromatic carbocycles. The van der Waals surface area contributed by atoms with Gasteiger partial charge in [-0.05, 0) is 19.1 Å². The van der Waals surface area contributed by atoms with E-state index < -0.39 is 0 Å². The minimum absolute atomic E-state index is 0.0111. The summed E-state index contributed by atoms with van der Waals surface area (Å²) in [6.45, 7) is 5.94. The molecule has 0 unspecified atom stereocenters. The van der Waals surface area contributed by atoms with E-state index in [9.17, 15) is 9.59 Å². The fraction of sp³-hybridized carbons (Fsp3) is 0.571. The van der Waals surface area contributed by atoms with Gasteiger partial charge in [0.25, 0.3) is 5.91 Å². The number of likely N-dealkylation sites (N-methyl/N-ethyl adjacent to an activating group) is 1. The van der Waals surface area contributed by atoms with Gasteiger partial charge >= 0.3 is 0 Å². The van der Waals surface area contributed by atoms with Crippen LogP contribution < -0.4 is 5.32 Å². The first kappa shape index (κ1) is 14.6. The summed E-state index contributed by atoms with van der Waals surface area (Å²) in [4.78, 5) is 27.8. The molecular formula is C14H22N4O2. The topological polar surface area (TPSA) is 57.6 Å². The Morgan fingerprint density at radius 1 is 1.35 bits per heavy atom. The predicted molar refractivity (Wildman–Crippen MR) is 76.5 cm³/mol. The van der Waals surface area contributed by atoms with Gasteiger partial charge in [0.15, 0.2) is 0 Å². The molecule has 1 aliphatic rings. The zero-order valence-electron chi connectivity index (χ0n) is 12.1. The molecule has 2 amide bonds. The second-order valence-corrected chi connectivity index (χ2v) is 4.97. The summed E-state index contributed by atoms with van der Waals surface area (Å²) in [6, 6.07) is 3.64. The number of nitrogens with one attached hydrogen (secondary N) is 1. The van der Waals surface area contributed by atoms with Gasteiger partial charge in [-0.25, -0.2) is 0 Å². The molecule has 6 nitrogen and oxygen atoms in total. The Hall–Kier alpha value is -1.82. The van der Waals surface area contributed by atoms with Gasteiger partial charge in [0, 0.05) is 46.0 Å². The number of amides is 2. The van der Waals surface area contributed by atoms with Crippen LogP contribution in [0, 0.1) is 0 Å². The molecule has 1 aliphatic heterocycles. The Bertz CT molecular complexity index is 477. The maximum Gasteiger partial charge on any atom is 0.270 e. The van der Waals surface area contributed by atoms with E-state index in [0.29, 0.717) is 18.8 Å². The van der Waals surface area contributed by atoms with Crippen molar-refractivity contribution in [1.82, 2.24) is 19.7 Å². The molecule has 2 rings (SSSR count). The van der Waals surface area contributed by atoms with E-state index in [1.165, 1.54) is 4.90 Å². The molecule has 0 bridgehead atoms. The monoisotopic (exact) mass is 278 g/mol.